The van der Waals surface area contributed by atoms with Crippen molar-refractivity contribution in [2.24, 2.45) is 0 Å². The van der Waals surface area contributed by atoms with Gasteiger partial charge in [0.05, 0.1) is 19.0 Å². The highest BCUT2D eigenvalue weighted by molar-refractivity contribution is 5.17. The molecular weight excluding hydrogens is 269 g/mol. The van der Waals surface area contributed by atoms with Crippen LogP contribution in [0.5, 0.6) is 0 Å². The van der Waals surface area contributed by atoms with Crippen LogP contribution in [0, 0.1) is 0 Å². The van der Waals surface area contributed by atoms with E-state index in [1.807, 2.05) is 13.0 Å². The molecule has 2 nitrogen and oxygen atoms in total. The molecule has 1 rings (SSSR count). The second-order valence-electron chi connectivity index (χ2n) is 4.78. The molecule has 0 unspecified atom stereocenters. The highest BCUT2D eigenvalue weighted by atomic mass is 19.4. The molecule has 0 aliphatic carbocycles. The van der Waals surface area contributed by atoms with Crippen LogP contribution < -0.4 is 0 Å². The van der Waals surface area contributed by atoms with Gasteiger partial charge in [0.1, 0.15) is 6.61 Å². The molecule has 0 spiro atoms. The monoisotopic (exact) mass is 290 g/mol. The Morgan fingerprint density at radius 1 is 1.45 bits per heavy atom. The van der Waals surface area contributed by atoms with E-state index < -0.39 is 12.8 Å². The summed E-state index contributed by atoms with van der Waals surface area (Å²) < 4.78 is 46.2. The van der Waals surface area contributed by atoms with Crippen molar-refractivity contribution in [3.05, 3.63) is 35.6 Å². The average Bonchev–Trinajstić information content (AvgIpc) is 2.36. The fourth-order valence-corrected chi connectivity index (χ4v) is 1.99. The number of ether oxygens (including phenoxy) is 2. The van der Waals surface area contributed by atoms with Crippen LogP contribution in [-0.2, 0) is 9.47 Å². The molecule has 0 aromatic carbocycles. The maximum absolute atomic E-state index is 12.0. The quantitative estimate of drug-likeness (QED) is 0.641. The highest BCUT2D eigenvalue weighted by Gasteiger charge is 2.27. The van der Waals surface area contributed by atoms with Crippen molar-refractivity contribution >= 4 is 0 Å². The first-order valence-corrected chi connectivity index (χ1v) is 6.67. The Labute approximate surface area is 117 Å². The molecule has 0 bridgehead atoms. The van der Waals surface area contributed by atoms with Gasteiger partial charge in [0.15, 0.2) is 0 Å². The van der Waals surface area contributed by atoms with Gasteiger partial charge in [-0.25, -0.2) is 0 Å². The third kappa shape index (κ3) is 6.80. The van der Waals surface area contributed by atoms with Crippen LogP contribution in [0.15, 0.2) is 35.6 Å². The molecule has 1 heterocycles. The predicted molar refractivity (Wildman–Crippen MR) is 72.3 cm³/mol. The standard InChI is InChI=1S/C15H21F3O2/c1-3-5-13(10-19-11-15(16,17)18)7-8-14-6-4-9-20-12(14)2/h3,7H,1,4-6,8-11H2,2H3/b13-7+. The minimum Gasteiger partial charge on any atom is -0.498 e. The van der Waals surface area contributed by atoms with Gasteiger partial charge in [-0.1, -0.05) is 12.2 Å². The zero-order valence-electron chi connectivity index (χ0n) is 11.8. The van der Waals surface area contributed by atoms with E-state index in [1.165, 1.54) is 5.57 Å². The number of hydrogen-bond donors (Lipinski definition) is 0. The molecule has 0 atom stereocenters. The molecule has 0 radical (unpaired) electrons. The van der Waals surface area contributed by atoms with Gasteiger partial charge in [-0.05, 0) is 43.8 Å². The number of allylic oxidation sites excluding steroid dienone is 4. The first-order valence-electron chi connectivity index (χ1n) is 6.67. The van der Waals surface area contributed by atoms with E-state index in [0.29, 0.717) is 12.8 Å². The molecule has 20 heavy (non-hydrogen) atoms. The SMILES string of the molecule is C=CC/C(=C\CC1=C(C)OCCC1)COCC(F)(F)F. The molecule has 0 amide bonds. The third-order valence-electron chi connectivity index (χ3n) is 3.04. The Bertz CT molecular complexity index is 381. The van der Waals surface area contributed by atoms with Gasteiger partial charge in [0, 0.05) is 0 Å². The molecular formula is C15H21F3O2. The second-order valence-corrected chi connectivity index (χ2v) is 4.78. The summed E-state index contributed by atoms with van der Waals surface area (Å²) in [5.41, 5.74) is 2.02. The van der Waals surface area contributed by atoms with E-state index in [9.17, 15) is 13.2 Å². The summed E-state index contributed by atoms with van der Waals surface area (Å²) in [5.74, 6) is 0.932. The summed E-state index contributed by atoms with van der Waals surface area (Å²) in [7, 11) is 0. The van der Waals surface area contributed by atoms with E-state index in [2.05, 4.69) is 6.58 Å². The summed E-state index contributed by atoms with van der Waals surface area (Å²) in [6.45, 7) is 5.05. The van der Waals surface area contributed by atoms with E-state index in [0.717, 1.165) is 30.8 Å². The summed E-state index contributed by atoms with van der Waals surface area (Å²) in [6.07, 6.45) is 2.51. The van der Waals surface area contributed by atoms with Crippen molar-refractivity contribution in [1.82, 2.24) is 0 Å². The lowest BCUT2D eigenvalue weighted by Gasteiger charge is -2.18. The molecule has 0 N–H and O–H groups in total. The lowest BCUT2D eigenvalue weighted by molar-refractivity contribution is -0.171. The van der Waals surface area contributed by atoms with E-state index in [1.54, 1.807) is 6.08 Å². The Morgan fingerprint density at radius 3 is 2.80 bits per heavy atom. The molecule has 1 aliphatic rings. The van der Waals surface area contributed by atoms with Gasteiger partial charge < -0.3 is 9.47 Å². The zero-order chi connectivity index (χ0) is 15.0. The zero-order valence-corrected chi connectivity index (χ0v) is 11.8. The van der Waals surface area contributed by atoms with Crippen LogP contribution in [0.2, 0.25) is 0 Å². The fourth-order valence-electron chi connectivity index (χ4n) is 1.99. The van der Waals surface area contributed by atoms with Crippen LogP contribution in [0.4, 0.5) is 13.2 Å². The molecule has 1 aliphatic heterocycles. The van der Waals surface area contributed by atoms with Crippen LogP contribution in [0.3, 0.4) is 0 Å². The second kappa shape index (κ2) is 8.15. The number of rotatable bonds is 7. The first kappa shape index (κ1) is 16.8. The molecule has 0 aromatic rings. The van der Waals surface area contributed by atoms with Gasteiger partial charge in [0.25, 0.3) is 0 Å². The molecule has 0 saturated heterocycles. The Balaban J connectivity index is 2.52. The van der Waals surface area contributed by atoms with Crippen LogP contribution in [0.25, 0.3) is 0 Å². The Morgan fingerprint density at radius 2 is 2.20 bits per heavy atom. The normalized spacial score (nSPS) is 17.1. The first-order chi connectivity index (χ1) is 9.42. The average molecular weight is 290 g/mol. The number of halogens is 3. The lowest BCUT2D eigenvalue weighted by atomic mass is 10.0. The van der Waals surface area contributed by atoms with Gasteiger partial charge in [-0.2, -0.15) is 13.2 Å². The van der Waals surface area contributed by atoms with Gasteiger partial charge in [0.2, 0.25) is 0 Å². The van der Waals surface area contributed by atoms with Crippen LogP contribution in [-0.4, -0.2) is 26.0 Å². The highest BCUT2D eigenvalue weighted by Crippen LogP contribution is 2.23. The summed E-state index contributed by atoms with van der Waals surface area (Å²) >= 11 is 0. The summed E-state index contributed by atoms with van der Waals surface area (Å²) in [6, 6.07) is 0. The fraction of sp³-hybridized carbons (Fsp3) is 0.600. The van der Waals surface area contributed by atoms with E-state index in [-0.39, 0.29) is 6.61 Å². The molecule has 0 fully saturated rings. The van der Waals surface area contributed by atoms with Crippen molar-refractivity contribution in [2.75, 3.05) is 19.8 Å². The van der Waals surface area contributed by atoms with Gasteiger partial charge in [-0.3, -0.25) is 0 Å². The predicted octanol–water partition coefficient (Wildman–Crippen LogP) is 4.54. The third-order valence-corrected chi connectivity index (χ3v) is 3.04. The van der Waals surface area contributed by atoms with Gasteiger partial charge in [-0.15, -0.1) is 6.58 Å². The largest absolute Gasteiger partial charge is 0.498 e. The van der Waals surface area contributed by atoms with Crippen molar-refractivity contribution in [3.8, 4) is 0 Å². The van der Waals surface area contributed by atoms with Crippen LogP contribution in [0.1, 0.15) is 32.6 Å². The topological polar surface area (TPSA) is 18.5 Å². The Kier molecular flexibility index (Phi) is 6.85. The maximum atomic E-state index is 12.0. The smallest absolute Gasteiger partial charge is 0.411 e. The molecule has 0 saturated carbocycles. The van der Waals surface area contributed by atoms with Crippen LogP contribution >= 0.6 is 0 Å². The van der Waals surface area contributed by atoms with Crippen molar-refractivity contribution in [2.45, 2.75) is 38.8 Å². The molecule has 0 aromatic heterocycles. The van der Waals surface area contributed by atoms with Crippen molar-refractivity contribution in [1.29, 1.82) is 0 Å². The lowest BCUT2D eigenvalue weighted by Crippen LogP contribution is -2.17. The molecule has 5 heteroatoms. The summed E-state index contributed by atoms with van der Waals surface area (Å²) in [4.78, 5) is 0. The van der Waals surface area contributed by atoms with Gasteiger partial charge >= 0.3 is 6.18 Å². The van der Waals surface area contributed by atoms with Crippen molar-refractivity contribution < 1.29 is 22.6 Å². The minimum absolute atomic E-state index is 0.0152. The minimum atomic E-state index is -4.28. The van der Waals surface area contributed by atoms with E-state index in [4.69, 9.17) is 9.47 Å². The number of alkyl halides is 3. The van der Waals surface area contributed by atoms with Crippen molar-refractivity contribution in [3.63, 3.8) is 0 Å². The summed E-state index contributed by atoms with van der Waals surface area (Å²) in [5, 5.41) is 0. The number of hydrogen-bond acceptors (Lipinski definition) is 2. The van der Waals surface area contributed by atoms with E-state index >= 15 is 0 Å². The Hall–Kier alpha value is -1.23. The maximum Gasteiger partial charge on any atom is 0.411 e. The molecule has 114 valence electrons.